The molecule has 2 aromatic rings. The maximum absolute atomic E-state index is 13.0. The molecule has 2 bridgehead atoms. The molecule has 5 heteroatoms. The molecule has 0 unspecified atom stereocenters. The van der Waals surface area contributed by atoms with Crippen LogP contribution in [0.15, 0.2) is 54.6 Å². The van der Waals surface area contributed by atoms with Crippen molar-refractivity contribution >= 4 is 5.91 Å². The molecule has 4 nitrogen and oxygen atoms in total. The Morgan fingerprint density at radius 3 is 2.67 bits per heavy atom. The highest BCUT2D eigenvalue weighted by atomic mass is 19.1. The van der Waals surface area contributed by atoms with Gasteiger partial charge in [0.15, 0.2) is 0 Å². The van der Waals surface area contributed by atoms with Gasteiger partial charge in [0.25, 0.3) is 0 Å². The molecule has 1 amide bonds. The predicted molar refractivity (Wildman–Crippen MR) is 117 cm³/mol. The summed E-state index contributed by atoms with van der Waals surface area (Å²) in [5.74, 6) is 1.23. The predicted octanol–water partition coefficient (Wildman–Crippen LogP) is 3.72. The molecule has 160 valence electrons. The second-order valence-electron chi connectivity index (χ2n) is 8.85. The number of fused-ring (bicyclic) bond motifs is 2. The SMILES string of the molecule is O=C(CCC[C@H]1NC[C@@H]2C[C@H]1CN(Cc1ccccc1)C2)NCc1ccc(F)cc1. The summed E-state index contributed by atoms with van der Waals surface area (Å²) < 4.78 is 13.0. The molecular formula is C25H32FN3O. The van der Waals surface area contributed by atoms with E-state index in [0.717, 1.165) is 44.0 Å². The quantitative estimate of drug-likeness (QED) is 0.698. The highest BCUT2D eigenvalue weighted by Crippen LogP contribution is 2.31. The van der Waals surface area contributed by atoms with Gasteiger partial charge in [0, 0.05) is 38.6 Å². The van der Waals surface area contributed by atoms with Gasteiger partial charge in [-0.05, 0) is 60.9 Å². The van der Waals surface area contributed by atoms with Crippen molar-refractivity contribution in [2.24, 2.45) is 11.8 Å². The van der Waals surface area contributed by atoms with Gasteiger partial charge in [-0.2, -0.15) is 0 Å². The number of amides is 1. The van der Waals surface area contributed by atoms with Crippen molar-refractivity contribution in [1.29, 1.82) is 0 Å². The van der Waals surface area contributed by atoms with Crippen molar-refractivity contribution in [3.8, 4) is 0 Å². The van der Waals surface area contributed by atoms with Crippen molar-refractivity contribution in [2.45, 2.75) is 44.8 Å². The number of carbonyl (C=O) groups is 1. The number of hydrogen-bond donors (Lipinski definition) is 2. The molecule has 2 aliphatic rings. The second kappa shape index (κ2) is 10.2. The molecule has 0 spiro atoms. The molecule has 0 saturated carbocycles. The van der Waals surface area contributed by atoms with Gasteiger partial charge < -0.3 is 10.6 Å². The topological polar surface area (TPSA) is 44.4 Å². The average molecular weight is 410 g/mol. The Bertz CT molecular complexity index is 811. The lowest BCUT2D eigenvalue weighted by Crippen LogP contribution is -2.55. The van der Waals surface area contributed by atoms with Crippen molar-refractivity contribution in [2.75, 3.05) is 19.6 Å². The van der Waals surface area contributed by atoms with Crippen LogP contribution in [0.4, 0.5) is 4.39 Å². The van der Waals surface area contributed by atoms with E-state index in [2.05, 4.69) is 45.9 Å². The van der Waals surface area contributed by atoms with E-state index < -0.39 is 0 Å². The molecule has 2 saturated heterocycles. The molecule has 0 aromatic heterocycles. The van der Waals surface area contributed by atoms with Crippen molar-refractivity contribution in [1.82, 2.24) is 15.5 Å². The van der Waals surface area contributed by atoms with Crippen LogP contribution in [0.25, 0.3) is 0 Å². The summed E-state index contributed by atoms with van der Waals surface area (Å²) >= 11 is 0. The van der Waals surface area contributed by atoms with Crippen molar-refractivity contribution < 1.29 is 9.18 Å². The Labute approximate surface area is 178 Å². The van der Waals surface area contributed by atoms with E-state index in [4.69, 9.17) is 0 Å². The van der Waals surface area contributed by atoms with E-state index >= 15 is 0 Å². The van der Waals surface area contributed by atoms with Crippen LogP contribution in [0.2, 0.25) is 0 Å². The van der Waals surface area contributed by atoms with Crippen molar-refractivity contribution in [3.05, 3.63) is 71.5 Å². The molecule has 30 heavy (non-hydrogen) atoms. The Kier molecular flexibility index (Phi) is 7.13. The van der Waals surface area contributed by atoms with Gasteiger partial charge in [0.05, 0.1) is 0 Å². The first-order valence-electron chi connectivity index (χ1n) is 11.2. The molecule has 4 rings (SSSR count). The fraction of sp³-hybridized carbons (Fsp3) is 0.480. The molecule has 2 heterocycles. The van der Waals surface area contributed by atoms with Crippen LogP contribution >= 0.6 is 0 Å². The fourth-order valence-electron chi connectivity index (χ4n) is 4.95. The third kappa shape index (κ3) is 5.89. The van der Waals surface area contributed by atoms with E-state index in [1.54, 1.807) is 12.1 Å². The van der Waals surface area contributed by atoms with Crippen LogP contribution in [0.1, 0.15) is 36.8 Å². The Balaban J connectivity index is 1.19. The molecule has 2 fully saturated rings. The molecule has 2 aromatic carbocycles. The summed E-state index contributed by atoms with van der Waals surface area (Å²) in [6.07, 6.45) is 3.79. The summed E-state index contributed by atoms with van der Waals surface area (Å²) in [7, 11) is 0. The highest BCUT2D eigenvalue weighted by Gasteiger charge is 2.35. The lowest BCUT2D eigenvalue weighted by molar-refractivity contribution is -0.121. The number of benzene rings is 2. The number of hydrogen-bond acceptors (Lipinski definition) is 3. The fourth-order valence-corrected chi connectivity index (χ4v) is 4.95. The molecule has 0 radical (unpaired) electrons. The van der Waals surface area contributed by atoms with Crippen LogP contribution in [0.5, 0.6) is 0 Å². The summed E-state index contributed by atoms with van der Waals surface area (Å²) in [5, 5.41) is 6.69. The van der Waals surface area contributed by atoms with Crippen LogP contribution < -0.4 is 10.6 Å². The number of carbonyl (C=O) groups excluding carboxylic acids is 1. The number of likely N-dealkylation sites (tertiary alicyclic amines) is 1. The summed E-state index contributed by atoms with van der Waals surface area (Å²) in [5.41, 5.74) is 2.31. The van der Waals surface area contributed by atoms with E-state index in [-0.39, 0.29) is 11.7 Å². The standard InChI is InChI=1S/C25H32FN3O/c26-23-11-9-19(10-12-23)14-28-25(30)8-4-7-24-22-13-21(15-27-24)17-29(18-22)16-20-5-2-1-3-6-20/h1-3,5-6,9-12,21-22,24,27H,4,7-8,13-18H2,(H,28,30)/t21-,22-,24+/m0/s1. The zero-order valence-corrected chi connectivity index (χ0v) is 17.5. The van der Waals surface area contributed by atoms with Crippen LogP contribution in [0, 0.1) is 17.7 Å². The zero-order chi connectivity index (χ0) is 20.8. The van der Waals surface area contributed by atoms with E-state index in [1.165, 1.54) is 30.7 Å². The van der Waals surface area contributed by atoms with Crippen LogP contribution in [0.3, 0.4) is 0 Å². The van der Waals surface area contributed by atoms with Gasteiger partial charge in [-0.25, -0.2) is 4.39 Å². The first kappa shape index (κ1) is 21.0. The smallest absolute Gasteiger partial charge is 0.220 e. The first-order chi connectivity index (χ1) is 14.7. The maximum atomic E-state index is 13.0. The van der Waals surface area contributed by atoms with Gasteiger partial charge in [-0.15, -0.1) is 0 Å². The van der Waals surface area contributed by atoms with E-state index in [1.807, 2.05) is 0 Å². The number of rotatable bonds is 8. The minimum absolute atomic E-state index is 0.0716. The number of halogens is 1. The average Bonchev–Trinajstić information content (AvgIpc) is 2.76. The number of piperidine rings is 2. The van der Waals surface area contributed by atoms with Gasteiger partial charge in [-0.3, -0.25) is 9.69 Å². The molecule has 0 aliphatic carbocycles. The van der Waals surface area contributed by atoms with E-state index in [9.17, 15) is 9.18 Å². The maximum Gasteiger partial charge on any atom is 0.220 e. The summed E-state index contributed by atoms with van der Waals surface area (Å²) in [4.78, 5) is 14.8. The first-order valence-corrected chi connectivity index (χ1v) is 11.2. The minimum Gasteiger partial charge on any atom is -0.352 e. The lowest BCUT2D eigenvalue weighted by atomic mass is 9.79. The monoisotopic (exact) mass is 409 g/mol. The largest absolute Gasteiger partial charge is 0.352 e. The van der Waals surface area contributed by atoms with Gasteiger partial charge in [0.2, 0.25) is 5.91 Å². The number of nitrogens with one attached hydrogen (secondary N) is 2. The summed E-state index contributed by atoms with van der Waals surface area (Å²) in [6, 6.07) is 17.5. The Hall–Kier alpha value is -2.24. The molecular weight excluding hydrogens is 377 g/mol. The zero-order valence-electron chi connectivity index (χ0n) is 17.5. The Morgan fingerprint density at radius 2 is 1.87 bits per heavy atom. The lowest BCUT2D eigenvalue weighted by Gasteiger charge is -2.46. The van der Waals surface area contributed by atoms with Gasteiger partial charge in [0.1, 0.15) is 5.82 Å². The van der Waals surface area contributed by atoms with Crippen LogP contribution in [-0.2, 0) is 17.9 Å². The third-order valence-electron chi connectivity index (χ3n) is 6.45. The van der Waals surface area contributed by atoms with Gasteiger partial charge >= 0.3 is 0 Å². The molecule has 2 N–H and O–H groups in total. The summed E-state index contributed by atoms with van der Waals surface area (Å²) in [6.45, 7) is 4.89. The third-order valence-corrected chi connectivity index (χ3v) is 6.45. The number of nitrogens with zero attached hydrogens (tertiary/aromatic N) is 1. The highest BCUT2D eigenvalue weighted by molar-refractivity contribution is 5.75. The van der Waals surface area contributed by atoms with Gasteiger partial charge in [-0.1, -0.05) is 42.5 Å². The Morgan fingerprint density at radius 1 is 1.07 bits per heavy atom. The molecule has 2 aliphatic heterocycles. The molecule has 3 atom stereocenters. The van der Waals surface area contributed by atoms with Crippen molar-refractivity contribution in [3.63, 3.8) is 0 Å². The van der Waals surface area contributed by atoms with Crippen LogP contribution in [-0.4, -0.2) is 36.5 Å². The normalized spacial score (nSPS) is 23.8. The van der Waals surface area contributed by atoms with E-state index in [0.29, 0.717) is 24.9 Å². The minimum atomic E-state index is -0.252. The second-order valence-corrected chi connectivity index (χ2v) is 8.85.